The molecule has 3 rings (SSSR count). The highest BCUT2D eigenvalue weighted by molar-refractivity contribution is 6.30. The van der Waals surface area contributed by atoms with Crippen LogP contribution in [-0.2, 0) is 4.79 Å². The van der Waals surface area contributed by atoms with Crippen LogP contribution in [0.2, 0.25) is 5.02 Å². The van der Waals surface area contributed by atoms with Gasteiger partial charge in [-0.05, 0) is 55.8 Å². The lowest BCUT2D eigenvalue weighted by atomic mass is 10.2. The third kappa shape index (κ3) is 5.42. The first-order valence-corrected chi connectivity index (χ1v) is 9.45. The number of anilines is 1. The van der Waals surface area contributed by atoms with Crippen molar-refractivity contribution in [3.8, 4) is 5.69 Å². The topological polar surface area (TPSA) is 76.0 Å². The predicted molar refractivity (Wildman–Crippen MR) is 110 cm³/mol. The highest BCUT2D eigenvalue weighted by atomic mass is 35.5. The molecule has 1 aromatic heterocycles. The molecule has 0 saturated heterocycles. The van der Waals surface area contributed by atoms with E-state index in [2.05, 4.69) is 15.6 Å². The van der Waals surface area contributed by atoms with Crippen LogP contribution >= 0.6 is 11.6 Å². The monoisotopic (exact) mass is 414 g/mol. The highest BCUT2D eigenvalue weighted by Crippen LogP contribution is 2.19. The van der Waals surface area contributed by atoms with Crippen LogP contribution in [0.3, 0.4) is 0 Å². The number of nitrogens with zero attached hydrogens (tertiary/aromatic N) is 2. The Balaban J connectivity index is 1.46. The number of imidazole rings is 1. The molecule has 0 aliphatic rings. The van der Waals surface area contributed by atoms with Gasteiger partial charge in [0.05, 0.1) is 5.69 Å². The molecule has 2 aromatic carbocycles. The van der Waals surface area contributed by atoms with E-state index >= 15 is 0 Å². The first-order valence-electron chi connectivity index (χ1n) is 9.07. The number of aromatic nitrogens is 2. The fraction of sp³-hybridized carbons (Fsp3) is 0.190. The minimum atomic E-state index is -0.459. The van der Waals surface area contributed by atoms with Crippen molar-refractivity contribution in [2.24, 2.45) is 0 Å². The SMILES string of the molecule is Cc1nccn1-c1ccc(NC(=O)CCCNC(=O)c2ccc(Cl)cc2)cc1F. The van der Waals surface area contributed by atoms with Gasteiger partial charge in [-0.3, -0.25) is 9.59 Å². The number of carbonyl (C=O) groups excluding carboxylic acids is 2. The number of aryl methyl sites for hydroxylation is 1. The van der Waals surface area contributed by atoms with E-state index in [1.54, 1.807) is 60.3 Å². The Morgan fingerprint density at radius 3 is 2.59 bits per heavy atom. The zero-order valence-corrected chi connectivity index (χ0v) is 16.5. The Morgan fingerprint density at radius 1 is 1.17 bits per heavy atom. The fourth-order valence-electron chi connectivity index (χ4n) is 2.79. The molecule has 0 bridgehead atoms. The number of carbonyl (C=O) groups is 2. The van der Waals surface area contributed by atoms with Crippen molar-refractivity contribution in [1.29, 1.82) is 0 Å². The van der Waals surface area contributed by atoms with Gasteiger partial charge >= 0.3 is 0 Å². The van der Waals surface area contributed by atoms with Crippen molar-refractivity contribution in [3.63, 3.8) is 0 Å². The number of nitrogens with one attached hydrogen (secondary N) is 2. The van der Waals surface area contributed by atoms with E-state index in [0.29, 0.717) is 40.8 Å². The van der Waals surface area contributed by atoms with Crippen molar-refractivity contribution in [3.05, 3.63) is 77.1 Å². The number of rotatable bonds is 7. The Labute approximate surface area is 172 Å². The molecule has 0 atom stereocenters. The lowest BCUT2D eigenvalue weighted by Crippen LogP contribution is -2.25. The Bertz CT molecular complexity index is 1020. The number of halogens is 2. The molecule has 1 heterocycles. The third-order valence-electron chi connectivity index (χ3n) is 4.29. The maximum atomic E-state index is 14.4. The average Bonchev–Trinajstić information content (AvgIpc) is 3.11. The Hall–Kier alpha value is -3.19. The highest BCUT2D eigenvalue weighted by Gasteiger charge is 2.10. The largest absolute Gasteiger partial charge is 0.352 e. The average molecular weight is 415 g/mol. The summed E-state index contributed by atoms with van der Waals surface area (Å²) in [7, 11) is 0. The van der Waals surface area contributed by atoms with E-state index in [1.807, 2.05) is 0 Å². The van der Waals surface area contributed by atoms with Crippen molar-refractivity contribution >= 4 is 29.1 Å². The molecular weight excluding hydrogens is 395 g/mol. The minimum absolute atomic E-state index is 0.199. The van der Waals surface area contributed by atoms with Crippen LogP contribution in [0.1, 0.15) is 29.0 Å². The van der Waals surface area contributed by atoms with E-state index in [1.165, 1.54) is 6.07 Å². The summed E-state index contributed by atoms with van der Waals surface area (Å²) >= 11 is 5.79. The maximum absolute atomic E-state index is 14.4. The number of hydrogen-bond donors (Lipinski definition) is 2. The van der Waals surface area contributed by atoms with E-state index in [0.717, 1.165) is 0 Å². The summed E-state index contributed by atoms with van der Waals surface area (Å²) in [6.45, 7) is 2.13. The first-order chi connectivity index (χ1) is 13.9. The van der Waals surface area contributed by atoms with Crippen LogP contribution in [0.25, 0.3) is 5.69 Å². The second-order valence-corrected chi connectivity index (χ2v) is 6.86. The predicted octanol–water partition coefficient (Wildman–Crippen LogP) is 4.12. The maximum Gasteiger partial charge on any atom is 0.251 e. The van der Waals surface area contributed by atoms with Gasteiger partial charge in [0.15, 0.2) is 0 Å². The van der Waals surface area contributed by atoms with Crippen LogP contribution in [0.5, 0.6) is 0 Å². The summed E-state index contributed by atoms with van der Waals surface area (Å²) in [5.41, 5.74) is 1.24. The molecule has 0 fully saturated rings. The number of hydrogen-bond acceptors (Lipinski definition) is 3. The molecule has 0 aliphatic carbocycles. The van der Waals surface area contributed by atoms with Gasteiger partial charge in [0, 0.05) is 41.6 Å². The summed E-state index contributed by atoms with van der Waals surface area (Å²) in [5.74, 6) is -0.272. The summed E-state index contributed by atoms with van der Waals surface area (Å²) in [5, 5.41) is 5.97. The first kappa shape index (κ1) is 20.5. The smallest absolute Gasteiger partial charge is 0.251 e. The normalized spacial score (nSPS) is 10.6. The van der Waals surface area contributed by atoms with Crippen molar-refractivity contribution in [2.75, 3.05) is 11.9 Å². The molecule has 0 spiro atoms. The van der Waals surface area contributed by atoms with Gasteiger partial charge in [0.2, 0.25) is 5.91 Å². The quantitative estimate of drug-likeness (QED) is 0.571. The van der Waals surface area contributed by atoms with Gasteiger partial charge in [0.1, 0.15) is 11.6 Å². The zero-order chi connectivity index (χ0) is 20.8. The zero-order valence-electron chi connectivity index (χ0n) is 15.8. The standard InChI is InChI=1S/C21H20ClFN4O2/c1-14-24-11-12-27(14)19-9-8-17(13-18(19)23)26-20(28)3-2-10-25-21(29)15-4-6-16(22)7-5-15/h4-9,11-13H,2-3,10H2,1H3,(H,25,29)(H,26,28). The molecule has 0 saturated carbocycles. The number of benzene rings is 2. The Morgan fingerprint density at radius 2 is 1.93 bits per heavy atom. The van der Waals surface area contributed by atoms with Gasteiger partial charge in [-0.25, -0.2) is 9.37 Å². The summed E-state index contributed by atoms with van der Waals surface area (Å²) in [4.78, 5) is 28.1. The molecule has 0 aliphatic heterocycles. The third-order valence-corrected chi connectivity index (χ3v) is 4.54. The van der Waals surface area contributed by atoms with Crippen LogP contribution in [0.4, 0.5) is 10.1 Å². The molecule has 8 heteroatoms. The summed E-state index contributed by atoms with van der Waals surface area (Å²) in [6.07, 6.45) is 3.92. The molecule has 0 radical (unpaired) electrons. The van der Waals surface area contributed by atoms with E-state index in [9.17, 15) is 14.0 Å². The lowest BCUT2D eigenvalue weighted by molar-refractivity contribution is -0.116. The van der Waals surface area contributed by atoms with Crippen molar-refractivity contribution < 1.29 is 14.0 Å². The number of amides is 2. The Kier molecular flexibility index (Phi) is 6.61. The molecule has 150 valence electrons. The van der Waals surface area contributed by atoms with Gasteiger partial charge in [-0.15, -0.1) is 0 Å². The second kappa shape index (κ2) is 9.34. The molecule has 6 nitrogen and oxygen atoms in total. The molecular formula is C21H20ClFN4O2. The minimum Gasteiger partial charge on any atom is -0.352 e. The van der Waals surface area contributed by atoms with Crippen LogP contribution in [0, 0.1) is 12.7 Å². The van der Waals surface area contributed by atoms with Gasteiger partial charge in [-0.2, -0.15) is 0 Å². The molecule has 3 aromatic rings. The van der Waals surface area contributed by atoms with Crippen LogP contribution in [-0.4, -0.2) is 27.9 Å². The van der Waals surface area contributed by atoms with E-state index in [4.69, 9.17) is 11.6 Å². The van der Waals surface area contributed by atoms with Gasteiger partial charge in [0.25, 0.3) is 5.91 Å². The fourth-order valence-corrected chi connectivity index (χ4v) is 2.92. The summed E-state index contributed by atoms with van der Waals surface area (Å²) < 4.78 is 16.0. The second-order valence-electron chi connectivity index (χ2n) is 6.43. The van der Waals surface area contributed by atoms with Gasteiger partial charge < -0.3 is 15.2 Å². The van der Waals surface area contributed by atoms with Gasteiger partial charge in [-0.1, -0.05) is 11.6 Å². The van der Waals surface area contributed by atoms with Crippen LogP contribution in [0.15, 0.2) is 54.9 Å². The van der Waals surface area contributed by atoms with Crippen LogP contribution < -0.4 is 10.6 Å². The molecule has 2 N–H and O–H groups in total. The van der Waals surface area contributed by atoms with E-state index in [-0.39, 0.29) is 18.2 Å². The van der Waals surface area contributed by atoms with Crippen molar-refractivity contribution in [1.82, 2.24) is 14.9 Å². The lowest BCUT2D eigenvalue weighted by Gasteiger charge is -2.10. The molecule has 0 unspecified atom stereocenters. The summed E-state index contributed by atoms with van der Waals surface area (Å²) in [6, 6.07) is 11.0. The molecule has 29 heavy (non-hydrogen) atoms. The molecule has 2 amide bonds. The van der Waals surface area contributed by atoms with Crippen molar-refractivity contribution in [2.45, 2.75) is 19.8 Å². The van der Waals surface area contributed by atoms with E-state index < -0.39 is 5.82 Å².